The number of ether oxygens (including phenoxy) is 1. The molecule has 3 rings (SSSR count). The van der Waals surface area contributed by atoms with Crippen molar-refractivity contribution >= 4 is 16.9 Å². The Labute approximate surface area is 115 Å². The van der Waals surface area contributed by atoms with E-state index in [4.69, 9.17) is 4.74 Å². The summed E-state index contributed by atoms with van der Waals surface area (Å²) in [6.07, 6.45) is 3.11. The van der Waals surface area contributed by atoms with Crippen LogP contribution < -0.4 is 0 Å². The molecule has 1 aliphatic rings. The number of carbonyl (C=O) groups excluding carboxylic acids is 1. The maximum atomic E-state index is 12.6. The number of aromatic amines is 1. The number of aliphatic hydroxyl groups is 1. The van der Waals surface area contributed by atoms with E-state index in [1.54, 1.807) is 24.3 Å². The Balaban J connectivity index is 1.93. The summed E-state index contributed by atoms with van der Waals surface area (Å²) in [5, 5.41) is 10.5. The van der Waals surface area contributed by atoms with Gasteiger partial charge in [0, 0.05) is 19.9 Å². The molecule has 0 aliphatic carbocycles. The van der Waals surface area contributed by atoms with Crippen LogP contribution in [0.1, 0.15) is 16.9 Å². The molecule has 1 fully saturated rings. The van der Waals surface area contributed by atoms with Crippen LogP contribution in [0.4, 0.5) is 0 Å². The maximum absolute atomic E-state index is 12.6. The van der Waals surface area contributed by atoms with Gasteiger partial charge in [-0.15, -0.1) is 0 Å². The number of β-amino-alcohol motifs (C(OH)–C–C–N with tert-alkyl or cyclic N) is 1. The van der Waals surface area contributed by atoms with Crippen molar-refractivity contribution in [1.82, 2.24) is 19.9 Å². The van der Waals surface area contributed by atoms with Crippen molar-refractivity contribution in [2.24, 2.45) is 0 Å². The van der Waals surface area contributed by atoms with Gasteiger partial charge in [0.25, 0.3) is 5.91 Å². The van der Waals surface area contributed by atoms with E-state index in [1.165, 1.54) is 6.33 Å². The van der Waals surface area contributed by atoms with Crippen molar-refractivity contribution in [2.75, 3.05) is 20.3 Å². The van der Waals surface area contributed by atoms with Crippen LogP contribution in [-0.2, 0) is 4.74 Å². The van der Waals surface area contributed by atoms with E-state index in [9.17, 15) is 9.90 Å². The van der Waals surface area contributed by atoms with Gasteiger partial charge in [0.1, 0.15) is 17.7 Å². The predicted octanol–water partition coefficient (Wildman–Crippen LogP) is 0.180. The molecule has 7 heteroatoms. The highest BCUT2D eigenvalue weighted by molar-refractivity contribution is 6.03. The second-order valence-electron chi connectivity index (χ2n) is 4.92. The van der Waals surface area contributed by atoms with Crippen molar-refractivity contribution in [3.8, 4) is 0 Å². The summed E-state index contributed by atoms with van der Waals surface area (Å²) in [5.41, 5.74) is 0.984. The van der Waals surface area contributed by atoms with Gasteiger partial charge >= 0.3 is 0 Å². The number of aliphatic hydroxyl groups excluding tert-OH is 1. The Morgan fingerprint density at radius 3 is 3.25 bits per heavy atom. The van der Waals surface area contributed by atoms with Gasteiger partial charge in [-0.1, -0.05) is 0 Å². The first-order chi connectivity index (χ1) is 9.70. The fraction of sp³-hybridized carbons (Fsp3) is 0.462. The highest BCUT2D eigenvalue weighted by atomic mass is 16.5. The number of hydrogen-bond acceptors (Lipinski definition) is 5. The molecule has 0 aromatic carbocycles. The number of rotatable bonds is 3. The number of methoxy groups -OCH3 is 1. The standard InChI is InChI=1S/C13H16N4O3/c1-20-6-8-4-9(18)5-17(8)13(19)11-10-2-3-14-12(10)16-7-15-11/h2-3,7-9,18H,4-6H2,1H3,(H,14,15,16)/t8-,9-/m1/s1. The zero-order valence-corrected chi connectivity index (χ0v) is 11.1. The first kappa shape index (κ1) is 13.0. The number of H-pyrrole nitrogens is 1. The van der Waals surface area contributed by atoms with Gasteiger partial charge in [0.15, 0.2) is 0 Å². The van der Waals surface area contributed by atoms with Crippen LogP contribution in [0.2, 0.25) is 0 Å². The Hall–Kier alpha value is -1.99. The third-order valence-electron chi connectivity index (χ3n) is 3.57. The lowest BCUT2D eigenvalue weighted by Crippen LogP contribution is -2.38. The lowest BCUT2D eigenvalue weighted by molar-refractivity contribution is 0.0619. The molecule has 1 saturated heterocycles. The minimum Gasteiger partial charge on any atom is -0.391 e. The molecule has 2 atom stereocenters. The number of carbonyl (C=O) groups is 1. The Bertz CT molecular complexity index is 627. The minimum absolute atomic E-state index is 0.119. The molecule has 2 N–H and O–H groups in total. The number of nitrogens with one attached hydrogen (secondary N) is 1. The largest absolute Gasteiger partial charge is 0.391 e. The second-order valence-corrected chi connectivity index (χ2v) is 4.92. The minimum atomic E-state index is -0.511. The third-order valence-corrected chi connectivity index (χ3v) is 3.57. The summed E-state index contributed by atoms with van der Waals surface area (Å²) in [4.78, 5) is 25.4. The molecule has 0 radical (unpaired) electrons. The van der Waals surface area contributed by atoms with Gasteiger partial charge in [-0.2, -0.15) is 0 Å². The molecule has 1 aliphatic heterocycles. The van der Waals surface area contributed by atoms with Gasteiger partial charge in [-0.25, -0.2) is 9.97 Å². The molecule has 2 aromatic heterocycles. The molecule has 0 bridgehead atoms. The van der Waals surface area contributed by atoms with Crippen molar-refractivity contribution in [1.29, 1.82) is 0 Å². The molecular weight excluding hydrogens is 260 g/mol. The number of hydrogen-bond donors (Lipinski definition) is 2. The number of likely N-dealkylation sites (tertiary alicyclic amines) is 1. The molecule has 0 spiro atoms. The van der Waals surface area contributed by atoms with E-state index in [1.807, 2.05) is 0 Å². The molecule has 0 saturated carbocycles. The normalized spacial score (nSPS) is 22.6. The highest BCUT2D eigenvalue weighted by Gasteiger charge is 2.35. The quantitative estimate of drug-likeness (QED) is 0.834. The van der Waals surface area contributed by atoms with E-state index in [2.05, 4.69) is 15.0 Å². The molecule has 20 heavy (non-hydrogen) atoms. The summed E-state index contributed by atoms with van der Waals surface area (Å²) < 4.78 is 5.12. The Morgan fingerprint density at radius 2 is 2.45 bits per heavy atom. The number of aromatic nitrogens is 3. The molecule has 3 heterocycles. The van der Waals surface area contributed by atoms with Crippen molar-refractivity contribution < 1.29 is 14.6 Å². The molecule has 0 unspecified atom stereocenters. The van der Waals surface area contributed by atoms with Gasteiger partial charge < -0.3 is 19.7 Å². The SMILES string of the molecule is COC[C@H]1C[C@@H](O)CN1C(=O)c1ncnc2[nH]ccc12. The molecule has 1 amide bonds. The van der Waals surface area contributed by atoms with Gasteiger partial charge in [0.05, 0.1) is 24.1 Å². The zero-order chi connectivity index (χ0) is 14.1. The van der Waals surface area contributed by atoms with Crippen LogP contribution >= 0.6 is 0 Å². The van der Waals surface area contributed by atoms with Crippen molar-refractivity contribution in [3.05, 3.63) is 24.3 Å². The van der Waals surface area contributed by atoms with Gasteiger partial charge in [-0.3, -0.25) is 4.79 Å². The lowest BCUT2D eigenvalue weighted by atomic mass is 10.2. The van der Waals surface area contributed by atoms with Crippen LogP contribution in [0, 0.1) is 0 Å². The number of nitrogens with zero attached hydrogens (tertiary/aromatic N) is 3. The second kappa shape index (κ2) is 5.18. The monoisotopic (exact) mass is 276 g/mol. The van der Waals surface area contributed by atoms with Crippen molar-refractivity contribution in [3.63, 3.8) is 0 Å². The Morgan fingerprint density at radius 1 is 1.60 bits per heavy atom. The molecule has 2 aromatic rings. The zero-order valence-electron chi connectivity index (χ0n) is 11.1. The van der Waals surface area contributed by atoms with E-state index >= 15 is 0 Å². The van der Waals surface area contributed by atoms with E-state index < -0.39 is 6.10 Å². The smallest absolute Gasteiger partial charge is 0.273 e. The van der Waals surface area contributed by atoms with E-state index in [0.29, 0.717) is 36.3 Å². The fourth-order valence-electron chi connectivity index (χ4n) is 2.67. The first-order valence-corrected chi connectivity index (χ1v) is 6.46. The van der Waals surface area contributed by atoms with Gasteiger partial charge in [0.2, 0.25) is 0 Å². The average molecular weight is 276 g/mol. The number of fused-ring (bicyclic) bond motifs is 1. The van der Waals surface area contributed by atoms with Gasteiger partial charge in [-0.05, 0) is 12.5 Å². The molecule has 106 valence electrons. The lowest BCUT2D eigenvalue weighted by Gasteiger charge is -2.23. The average Bonchev–Trinajstić information content (AvgIpc) is 3.04. The van der Waals surface area contributed by atoms with Crippen LogP contribution in [0.25, 0.3) is 11.0 Å². The predicted molar refractivity (Wildman–Crippen MR) is 71.2 cm³/mol. The maximum Gasteiger partial charge on any atom is 0.273 e. The number of amides is 1. The summed E-state index contributed by atoms with van der Waals surface area (Å²) in [6, 6.07) is 1.66. The van der Waals surface area contributed by atoms with E-state index in [0.717, 1.165) is 0 Å². The van der Waals surface area contributed by atoms with Crippen LogP contribution in [0.3, 0.4) is 0 Å². The fourth-order valence-corrected chi connectivity index (χ4v) is 2.67. The Kier molecular flexibility index (Phi) is 3.37. The van der Waals surface area contributed by atoms with E-state index in [-0.39, 0.29) is 11.9 Å². The third kappa shape index (κ3) is 2.14. The summed E-state index contributed by atoms with van der Waals surface area (Å²) in [5.74, 6) is -0.199. The topological polar surface area (TPSA) is 91.3 Å². The first-order valence-electron chi connectivity index (χ1n) is 6.46. The summed E-state index contributed by atoms with van der Waals surface area (Å²) >= 11 is 0. The summed E-state index contributed by atoms with van der Waals surface area (Å²) in [6.45, 7) is 0.715. The van der Waals surface area contributed by atoms with Crippen LogP contribution in [0.15, 0.2) is 18.6 Å². The van der Waals surface area contributed by atoms with Crippen LogP contribution in [0.5, 0.6) is 0 Å². The highest BCUT2D eigenvalue weighted by Crippen LogP contribution is 2.22. The van der Waals surface area contributed by atoms with Crippen molar-refractivity contribution in [2.45, 2.75) is 18.6 Å². The molecular formula is C13H16N4O3. The van der Waals surface area contributed by atoms with Crippen LogP contribution in [-0.4, -0.2) is 63.3 Å². The summed E-state index contributed by atoms with van der Waals surface area (Å²) in [7, 11) is 1.59. The molecule has 7 nitrogen and oxygen atoms in total.